The largest absolute Gasteiger partial charge is 0.454 e. The van der Waals surface area contributed by atoms with Gasteiger partial charge in [-0.05, 0) is 41.9 Å². The molecule has 0 amide bonds. The molecule has 0 unspecified atom stereocenters. The lowest BCUT2D eigenvalue weighted by Gasteiger charge is -2.27. The van der Waals surface area contributed by atoms with Crippen molar-refractivity contribution in [2.24, 2.45) is 12.5 Å². The summed E-state index contributed by atoms with van der Waals surface area (Å²) in [4.78, 5) is 4.39. The van der Waals surface area contributed by atoms with Crippen molar-refractivity contribution in [2.75, 3.05) is 0 Å². The summed E-state index contributed by atoms with van der Waals surface area (Å²) in [6, 6.07) is 23.3. The summed E-state index contributed by atoms with van der Waals surface area (Å²) in [5.41, 5.74) is 3.01. The lowest BCUT2D eigenvalue weighted by molar-refractivity contribution is -0.660. The monoisotopic (exact) mass is 527 g/mol. The summed E-state index contributed by atoms with van der Waals surface area (Å²) in [6.07, 6.45) is -4.28. The topological polar surface area (TPSA) is 29.9 Å². The molecule has 0 bridgehead atoms. The first-order valence-electron chi connectivity index (χ1n) is 13.7. The average Bonchev–Trinajstić information content (AvgIpc) is 3.32. The second-order valence-corrected chi connectivity index (χ2v) is 10.5. The quantitative estimate of drug-likeness (QED) is 0.215. The minimum absolute atomic E-state index is 0.125. The number of furan rings is 1. The van der Waals surface area contributed by atoms with Gasteiger partial charge in [-0.15, -0.1) is 0 Å². The summed E-state index contributed by atoms with van der Waals surface area (Å²) in [6.45, 7) is 3.77. The zero-order valence-corrected chi connectivity index (χ0v) is 22.0. The first-order chi connectivity index (χ1) is 19.3. The van der Waals surface area contributed by atoms with E-state index in [0.29, 0.717) is 5.69 Å². The van der Waals surface area contributed by atoms with E-state index in [1.54, 1.807) is 6.07 Å². The van der Waals surface area contributed by atoms with Gasteiger partial charge in [0.2, 0.25) is 5.69 Å². The Morgan fingerprint density at radius 1 is 0.897 bits per heavy atom. The molecule has 3 aromatic carbocycles. The molecule has 0 N–H and O–H groups in total. The average molecular weight is 528 g/mol. The molecule has 0 saturated carbocycles. The van der Waals surface area contributed by atoms with Gasteiger partial charge in [0.1, 0.15) is 18.2 Å². The van der Waals surface area contributed by atoms with Crippen molar-refractivity contribution in [1.82, 2.24) is 4.98 Å². The predicted molar refractivity (Wildman–Crippen MR) is 149 cm³/mol. The summed E-state index contributed by atoms with van der Waals surface area (Å²) in [5.74, 6) is 0. The highest BCUT2D eigenvalue weighted by atomic mass is 19.4. The third kappa shape index (κ3) is 4.24. The summed E-state index contributed by atoms with van der Waals surface area (Å²) >= 11 is 0. The number of hydrogen-bond donors (Lipinski definition) is 0. The van der Waals surface area contributed by atoms with Crippen LogP contribution in [0.2, 0.25) is 0 Å². The van der Waals surface area contributed by atoms with Crippen LogP contribution < -0.4 is 4.57 Å². The first kappa shape index (κ1) is 22.8. The van der Waals surface area contributed by atoms with Crippen LogP contribution in [0.1, 0.15) is 27.7 Å². The number of pyridine rings is 2. The maximum absolute atomic E-state index is 13.6. The Labute approximate surface area is 227 Å². The molecule has 0 aliphatic rings. The molecule has 0 aliphatic carbocycles. The third-order valence-corrected chi connectivity index (χ3v) is 7.37. The molecule has 0 atom stereocenters. The zero-order chi connectivity index (χ0) is 29.3. The Hall–Kier alpha value is -4.19. The molecule has 3 nitrogen and oxygen atoms in total. The van der Waals surface area contributed by atoms with Gasteiger partial charge in [0.15, 0.2) is 6.20 Å². The lowest BCUT2D eigenvalue weighted by Crippen LogP contribution is -2.34. The lowest BCUT2D eigenvalue weighted by atomic mass is 9.85. The van der Waals surface area contributed by atoms with E-state index in [2.05, 4.69) is 41.4 Å². The van der Waals surface area contributed by atoms with Crippen LogP contribution in [-0.2, 0) is 13.4 Å². The molecule has 0 saturated heterocycles. The van der Waals surface area contributed by atoms with Crippen LogP contribution >= 0.6 is 0 Å². The van der Waals surface area contributed by atoms with Crippen LogP contribution in [0, 0.1) is 12.3 Å². The molecule has 3 heterocycles. The highest BCUT2D eigenvalue weighted by Crippen LogP contribution is 2.41. The molecule has 39 heavy (non-hydrogen) atoms. The highest BCUT2D eigenvalue weighted by Gasteiger charge is 2.47. The Kier molecular flexibility index (Phi) is 5.22. The van der Waals surface area contributed by atoms with Crippen molar-refractivity contribution in [3.63, 3.8) is 0 Å². The van der Waals surface area contributed by atoms with Crippen molar-refractivity contribution in [2.45, 2.75) is 33.3 Å². The van der Waals surface area contributed by atoms with E-state index >= 15 is 0 Å². The van der Waals surface area contributed by atoms with E-state index in [9.17, 15) is 13.2 Å². The fourth-order valence-corrected chi connectivity index (χ4v) is 5.03. The van der Waals surface area contributed by atoms with E-state index in [1.807, 2.05) is 49.0 Å². The van der Waals surface area contributed by atoms with Gasteiger partial charge in [-0.1, -0.05) is 62.4 Å². The molecule has 0 spiro atoms. The maximum Gasteiger partial charge on any atom is 0.394 e. The number of nitrogens with zero attached hydrogens (tertiary/aromatic N) is 2. The molecule has 3 aromatic heterocycles. The number of aryl methyl sites for hydroxylation is 2. The molecule has 6 aromatic rings. The fraction of sp³-hybridized carbons (Fsp3) is 0.212. The number of benzene rings is 3. The van der Waals surface area contributed by atoms with Crippen LogP contribution in [-0.4, -0.2) is 11.2 Å². The Morgan fingerprint density at radius 3 is 2.38 bits per heavy atom. The molecule has 6 rings (SSSR count). The number of hydrogen-bond acceptors (Lipinski definition) is 2. The fourth-order valence-electron chi connectivity index (χ4n) is 5.03. The molecule has 6 heteroatoms. The van der Waals surface area contributed by atoms with Gasteiger partial charge >= 0.3 is 6.18 Å². The Balaban J connectivity index is 1.47. The van der Waals surface area contributed by atoms with Gasteiger partial charge in [0, 0.05) is 42.8 Å². The number of rotatable bonds is 4. The Morgan fingerprint density at radius 2 is 1.64 bits per heavy atom. The minimum atomic E-state index is -4.72. The van der Waals surface area contributed by atoms with Gasteiger partial charge in [-0.2, -0.15) is 13.2 Å². The second-order valence-electron chi connectivity index (χ2n) is 10.5. The van der Waals surface area contributed by atoms with Crippen LogP contribution in [0.4, 0.5) is 13.2 Å². The third-order valence-electron chi connectivity index (χ3n) is 7.37. The van der Waals surface area contributed by atoms with Gasteiger partial charge < -0.3 is 4.42 Å². The van der Waals surface area contributed by atoms with E-state index in [1.165, 1.54) is 12.3 Å². The van der Waals surface area contributed by atoms with Crippen molar-refractivity contribution >= 4 is 32.7 Å². The Bertz CT molecular complexity index is 1960. The van der Waals surface area contributed by atoms with Crippen molar-refractivity contribution in [3.05, 3.63) is 96.3 Å². The van der Waals surface area contributed by atoms with Gasteiger partial charge in [0.25, 0.3) is 0 Å². The van der Waals surface area contributed by atoms with E-state index < -0.39 is 18.0 Å². The molecule has 0 aliphatic heterocycles. The summed E-state index contributed by atoms with van der Waals surface area (Å²) in [7, 11) is 1.94. The summed E-state index contributed by atoms with van der Waals surface area (Å²) in [5, 5.41) is 4.18. The van der Waals surface area contributed by atoms with Crippen LogP contribution in [0.15, 0.2) is 89.6 Å². The van der Waals surface area contributed by atoms with Gasteiger partial charge in [0.05, 0.1) is 16.7 Å². The van der Waals surface area contributed by atoms with E-state index in [-0.39, 0.29) is 5.56 Å². The van der Waals surface area contributed by atoms with Gasteiger partial charge in [-0.25, -0.2) is 4.57 Å². The zero-order valence-electron chi connectivity index (χ0n) is 24.0. The van der Waals surface area contributed by atoms with Crippen molar-refractivity contribution in [3.8, 4) is 22.5 Å². The molecule has 0 radical (unpaired) electrons. The van der Waals surface area contributed by atoms with Crippen LogP contribution in [0.5, 0.6) is 0 Å². The normalized spacial score (nSPS) is 13.7. The van der Waals surface area contributed by atoms with Crippen LogP contribution in [0.3, 0.4) is 0 Å². The van der Waals surface area contributed by atoms with E-state index in [4.69, 9.17) is 7.16 Å². The molecular formula is C33H28F3N2O+. The second kappa shape index (κ2) is 8.94. The predicted octanol–water partition coefficient (Wildman–Crippen LogP) is 8.73. The molecular weight excluding hydrogens is 497 g/mol. The molecule has 196 valence electrons. The SMILES string of the molecule is [2H]C([2H])(c1ccc(-c2cc[n+](C)c(-c3c(C)ccc4c3oc3c5ccccc5ccc43)c2)nc1)C(C)(C)C(F)(F)F. The summed E-state index contributed by atoms with van der Waals surface area (Å²) < 4.78 is 66.0. The maximum atomic E-state index is 13.6. The van der Waals surface area contributed by atoms with Gasteiger partial charge in [-0.3, -0.25) is 4.98 Å². The van der Waals surface area contributed by atoms with Crippen molar-refractivity contribution in [1.29, 1.82) is 0 Å². The standard InChI is InChI=1S/C33H28F3N2O/c1-20-9-12-26-25-13-11-22-7-5-6-8-24(22)30(25)39-31(26)29(20)28-17-23(15-16-38(28)4)27-14-10-21(19-37-27)18-32(2,3)33(34,35)36/h5-17,19H,18H2,1-4H3/q+1/i18D2. The highest BCUT2D eigenvalue weighted by molar-refractivity contribution is 6.17. The van der Waals surface area contributed by atoms with Crippen molar-refractivity contribution < 1.29 is 24.9 Å². The van der Waals surface area contributed by atoms with Crippen LogP contribution in [0.25, 0.3) is 55.2 Å². The number of halogens is 3. The molecule has 0 fully saturated rings. The number of alkyl halides is 3. The number of fused-ring (bicyclic) bond motifs is 5. The smallest absolute Gasteiger partial charge is 0.394 e. The first-order valence-corrected chi connectivity index (χ1v) is 12.7. The van der Waals surface area contributed by atoms with E-state index in [0.717, 1.165) is 68.9 Å². The minimum Gasteiger partial charge on any atom is -0.454 e. The number of aromatic nitrogens is 2.